The summed E-state index contributed by atoms with van der Waals surface area (Å²) in [4.78, 5) is 13.1. The third kappa shape index (κ3) is 6.12. The molecule has 3 aromatic rings. The first-order valence-electron chi connectivity index (χ1n) is 11.8. The lowest BCUT2D eigenvalue weighted by atomic mass is 10.1. The van der Waals surface area contributed by atoms with E-state index in [2.05, 4.69) is 10.0 Å². The summed E-state index contributed by atoms with van der Waals surface area (Å²) in [5.41, 5.74) is 1.61. The zero-order valence-corrected chi connectivity index (χ0v) is 22.2. The van der Waals surface area contributed by atoms with Crippen LogP contribution in [0.4, 0.5) is 11.4 Å². The second kappa shape index (κ2) is 10.9. The molecule has 1 aliphatic rings. The van der Waals surface area contributed by atoms with Gasteiger partial charge in [0.15, 0.2) is 0 Å². The largest absolute Gasteiger partial charge is 0.497 e. The topological polar surface area (TPSA) is 122 Å². The molecule has 9 nitrogen and oxygen atoms in total. The first-order chi connectivity index (χ1) is 17.6. The molecule has 0 atom stereocenters. The summed E-state index contributed by atoms with van der Waals surface area (Å²) in [6.45, 7) is 2.67. The van der Waals surface area contributed by atoms with Gasteiger partial charge >= 0.3 is 0 Å². The van der Waals surface area contributed by atoms with Gasteiger partial charge in [-0.2, -0.15) is 4.31 Å². The van der Waals surface area contributed by atoms with Gasteiger partial charge in [0.25, 0.3) is 15.9 Å². The van der Waals surface area contributed by atoms with Gasteiger partial charge in [0.1, 0.15) is 5.75 Å². The van der Waals surface area contributed by atoms with E-state index >= 15 is 0 Å². The van der Waals surface area contributed by atoms with Crippen LogP contribution in [0.5, 0.6) is 5.75 Å². The second-order valence-electron chi connectivity index (χ2n) is 8.75. The summed E-state index contributed by atoms with van der Waals surface area (Å²) in [7, 11) is -6.01. The maximum absolute atomic E-state index is 13.1. The molecule has 2 N–H and O–H groups in total. The van der Waals surface area contributed by atoms with Gasteiger partial charge in [0, 0.05) is 30.0 Å². The first kappa shape index (κ1) is 26.6. The standard InChI is InChI=1S/C26H29N3O6S2/c1-19-6-13-24(37(33,34)29-16-4-3-5-17-29)18-25(19)26(30)27-20-9-14-23(15-10-20)36(31,32)28-21-7-11-22(35-2)12-8-21/h6-15,18,28H,3-5,16-17H2,1-2H3,(H,27,30). The van der Waals surface area contributed by atoms with E-state index in [4.69, 9.17) is 4.74 Å². The Morgan fingerprint density at radius 1 is 0.811 bits per heavy atom. The minimum atomic E-state index is -3.84. The van der Waals surface area contributed by atoms with Crippen molar-refractivity contribution in [2.45, 2.75) is 36.0 Å². The van der Waals surface area contributed by atoms with Crippen LogP contribution in [-0.4, -0.2) is 47.2 Å². The zero-order chi connectivity index (χ0) is 26.6. The number of rotatable bonds is 8. The van der Waals surface area contributed by atoms with E-state index in [0.29, 0.717) is 35.8 Å². The molecule has 196 valence electrons. The lowest BCUT2D eigenvalue weighted by Gasteiger charge is -2.26. The SMILES string of the molecule is COc1ccc(NS(=O)(=O)c2ccc(NC(=O)c3cc(S(=O)(=O)N4CCCCC4)ccc3C)cc2)cc1. The fraction of sp³-hybridized carbons (Fsp3) is 0.269. The maximum atomic E-state index is 13.1. The predicted octanol–water partition coefficient (Wildman–Crippen LogP) is 4.23. The minimum Gasteiger partial charge on any atom is -0.497 e. The highest BCUT2D eigenvalue weighted by Crippen LogP contribution is 2.24. The number of benzene rings is 3. The normalized spacial score (nSPS) is 14.6. The highest BCUT2D eigenvalue weighted by Gasteiger charge is 2.27. The molecular formula is C26H29N3O6S2. The molecular weight excluding hydrogens is 514 g/mol. The van der Waals surface area contributed by atoms with E-state index < -0.39 is 26.0 Å². The minimum absolute atomic E-state index is 0.0205. The van der Waals surface area contributed by atoms with E-state index in [0.717, 1.165) is 19.3 Å². The highest BCUT2D eigenvalue weighted by atomic mass is 32.2. The summed E-state index contributed by atoms with van der Waals surface area (Å²) in [5.74, 6) is 0.119. The van der Waals surface area contributed by atoms with Gasteiger partial charge in [-0.3, -0.25) is 9.52 Å². The van der Waals surface area contributed by atoms with Crippen LogP contribution in [0.25, 0.3) is 0 Å². The Kier molecular flexibility index (Phi) is 7.86. The molecule has 4 rings (SSSR count). The fourth-order valence-corrected chi connectivity index (χ4v) is 6.65. The van der Waals surface area contributed by atoms with E-state index in [-0.39, 0.29) is 15.4 Å². The van der Waals surface area contributed by atoms with Gasteiger partial charge in [0.05, 0.1) is 16.9 Å². The Morgan fingerprint density at radius 3 is 2.03 bits per heavy atom. The number of hydrogen-bond acceptors (Lipinski definition) is 6. The maximum Gasteiger partial charge on any atom is 0.261 e. The number of carbonyl (C=O) groups is 1. The van der Waals surface area contributed by atoms with Gasteiger partial charge in [0.2, 0.25) is 10.0 Å². The number of anilines is 2. The quantitative estimate of drug-likeness (QED) is 0.439. The van der Waals surface area contributed by atoms with Gasteiger partial charge < -0.3 is 10.1 Å². The van der Waals surface area contributed by atoms with E-state index in [1.54, 1.807) is 37.3 Å². The Bertz CT molecular complexity index is 1480. The van der Waals surface area contributed by atoms with Crippen LogP contribution < -0.4 is 14.8 Å². The molecule has 0 radical (unpaired) electrons. The van der Waals surface area contributed by atoms with Crippen molar-refractivity contribution in [3.63, 3.8) is 0 Å². The van der Waals surface area contributed by atoms with Crippen molar-refractivity contribution in [2.75, 3.05) is 30.2 Å². The van der Waals surface area contributed by atoms with Crippen molar-refractivity contribution in [1.82, 2.24) is 4.31 Å². The van der Waals surface area contributed by atoms with Crippen LogP contribution in [0.3, 0.4) is 0 Å². The summed E-state index contributed by atoms with van der Waals surface area (Å²) < 4.78 is 60.6. The van der Waals surface area contributed by atoms with Crippen molar-refractivity contribution < 1.29 is 26.4 Å². The van der Waals surface area contributed by atoms with Gasteiger partial charge in [-0.05, 0) is 86.0 Å². The highest BCUT2D eigenvalue weighted by molar-refractivity contribution is 7.92. The van der Waals surface area contributed by atoms with Crippen LogP contribution in [-0.2, 0) is 20.0 Å². The molecule has 0 aliphatic carbocycles. The summed E-state index contributed by atoms with van der Waals surface area (Å²) in [6.07, 6.45) is 2.64. The summed E-state index contributed by atoms with van der Waals surface area (Å²) in [6, 6.07) is 16.7. The van der Waals surface area contributed by atoms with Crippen molar-refractivity contribution in [2.24, 2.45) is 0 Å². The van der Waals surface area contributed by atoms with Crippen LogP contribution in [0, 0.1) is 6.92 Å². The Labute approximate surface area is 217 Å². The molecule has 11 heteroatoms. The zero-order valence-electron chi connectivity index (χ0n) is 20.6. The molecule has 1 saturated heterocycles. The molecule has 1 amide bonds. The van der Waals surface area contributed by atoms with Crippen LogP contribution >= 0.6 is 0 Å². The molecule has 0 unspecified atom stereocenters. The molecule has 1 heterocycles. The average Bonchev–Trinajstić information content (AvgIpc) is 2.90. The van der Waals surface area contributed by atoms with E-state index in [1.807, 2.05) is 0 Å². The average molecular weight is 544 g/mol. The van der Waals surface area contributed by atoms with Crippen molar-refractivity contribution in [3.05, 3.63) is 77.9 Å². The first-order valence-corrected chi connectivity index (χ1v) is 14.7. The number of sulfonamides is 2. The number of methoxy groups -OCH3 is 1. The van der Waals surface area contributed by atoms with Crippen LogP contribution in [0.15, 0.2) is 76.5 Å². The number of carbonyl (C=O) groups excluding carboxylic acids is 1. The number of nitrogens with zero attached hydrogens (tertiary/aromatic N) is 1. The van der Waals surface area contributed by atoms with Crippen molar-refractivity contribution in [3.8, 4) is 5.75 Å². The van der Waals surface area contributed by atoms with Crippen molar-refractivity contribution in [1.29, 1.82) is 0 Å². The number of piperidine rings is 1. The monoisotopic (exact) mass is 543 g/mol. The Balaban J connectivity index is 1.48. The van der Waals surface area contributed by atoms with Crippen molar-refractivity contribution >= 4 is 37.3 Å². The molecule has 1 aliphatic heterocycles. The Morgan fingerprint density at radius 2 is 1.41 bits per heavy atom. The van der Waals surface area contributed by atoms with Gasteiger partial charge in [-0.25, -0.2) is 16.8 Å². The Hall–Kier alpha value is -3.41. The number of amides is 1. The number of aryl methyl sites for hydroxylation is 1. The van der Waals surface area contributed by atoms with Crippen LogP contribution in [0.1, 0.15) is 35.2 Å². The predicted molar refractivity (Wildman–Crippen MR) is 142 cm³/mol. The lowest BCUT2D eigenvalue weighted by Crippen LogP contribution is -2.35. The second-order valence-corrected chi connectivity index (χ2v) is 12.4. The van der Waals surface area contributed by atoms with Gasteiger partial charge in [-0.15, -0.1) is 0 Å². The number of hydrogen-bond donors (Lipinski definition) is 2. The molecule has 3 aromatic carbocycles. The van der Waals surface area contributed by atoms with E-state index in [9.17, 15) is 21.6 Å². The molecule has 0 aromatic heterocycles. The molecule has 0 bridgehead atoms. The van der Waals surface area contributed by atoms with E-state index in [1.165, 1.54) is 47.8 Å². The molecule has 0 spiro atoms. The summed E-state index contributed by atoms with van der Waals surface area (Å²) in [5, 5.41) is 2.72. The summed E-state index contributed by atoms with van der Waals surface area (Å²) >= 11 is 0. The number of ether oxygens (including phenoxy) is 1. The fourth-order valence-electron chi connectivity index (χ4n) is 4.05. The molecule has 1 fully saturated rings. The molecule has 37 heavy (non-hydrogen) atoms. The molecule has 0 saturated carbocycles. The lowest BCUT2D eigenvalue weighted by molar-refractivity contribution is 0.102. The number of nitrogens with one attached hydrogen (secondary N) is 2. The third-order valence-electron chi connectivity index (χ3n) is 6.17. The van der Waals surface area contributed by atoms with Crippen LogP contribution in [0.2, 0.25) is 0 Å². The smallest absolute Gasteiger partial charge is 0.261 e. The van der Waals surface area contributed by atoms with Gasteiger partial charge in [-0.1, -0.05) is 12.5 Å². The third-order valence-corrected chi connectivity index (χ3v) is 9.46.